The fourth-order valence-electron chi connectivity index (χ4n) is 3.02. The van der Waals surface area contributed by atoms with Crippen LogP contribution in [0.3, 0.4) is 0 Å². The molecule has 5 nitrogen and oxygen atoms in total. The largest absolute Gasteiger partial charge is 0.493 e. The van der Waals surface area contributed by atoms with Crippen molar-refractivity contribution in [3.8, 4) is 17.1 Å². The van der Waals surface area contributed by atoms with Crippen molar-refractivity contribution < 1.29 is 4.74 Å². The second-order valence-corrected chi connectivity index (χ2v) is 6.81. The Balaban J connectivity index is 1.85. The number of ether oxygens (including phenoxy) is 1. The first-order valence-electron chi connectivity index (χ1n) is 8.80. The molecule has 0 fully saturated rings. The molecule has 1 N–H and O–H groups in total. The zero-order valence-electron chi connectivity index (χ0n) is 15.1. The van der Waals surface area contributed by atoms with Gasteiger partial charge in [0.25, 0.3) is 0 Å². The number of nitrogens with one attached hydrogen (secondary N) is 1. The van der Waals surface area contributed by atoms with E-state index in [1.54, 1.807) is 17.0 Å². The lowest BCUT2D eigenvalue weighted by Gasteiger charge is -2.10. The average molecular weight is 409 g/mol. The van der Waals surface area contributed by atoms with Gasteiger partial charge in [-0.25, -0.2) is 5.10 Å². The first kappa shape index (κ1) is 18.4. The third kappa shape index (κ3) is 3.44. The molecule has 1 aromatic heterocycles. The van der Waals surface area contributed by atoms with Gasteiger partial charge < -0.3 is 4.74 Å². The molecule has 4 aromatic rings. The molecule has 0 unspecified atom stereocenters. The summed E-state index contributed by atoms with van der Waals surface area (Å²) in [6.45, 7) is 2.52. The van der Waals surface area contributed by atoms with E-state index in [1.165, 1.54) is 0 Å². The number of hydrogen-bond acceptors (Lipinski definition) is 4. The summed E-state index contributed by atoms with van der Waals surface area (Å²) in [7, 11) is 0. The summed E-state index contributed by atoms with van der Waals surface area (Å²) >= 11 is 11.7. The number of halogens is 1. The van der Waals surface area contributed by atoms with Gasteiger partial charge >= 0.3 is 0 Å². The zero-order chi connectivity index (χ0) is 19.5. The van der Waals surface area contributed by atoms with Crippen molar-refractivity contribution in [2.45, 2.75) is 6.92 Å². The van der Waals surface area contributed by atoms with E-state index in [0.29, 0.717) is 22.2 Å². The quantitative estimate of drug-likeness (QED) is 0.340. The van der Waals surface area contributed by atoms with Crippen LogP contribution in [-0.4, -0.2) is 27.7 Å². The Morgan fingerprint density at radius 3 is 2.75 bits per heavy atom. The molecule has 0 amide bonds. The van der Waals surface area contributed by atoms with Crippen LogP contribution in [0.15, 0.2) is 65.8 Å². The molecule has 7 heteroatoms. The predicted octanol–water partition coefficient (Wildman–Crippen LogP) is 5.70. The second-order valence-electron chi connectivity index (χ2n) is 6.02. The van der Waals surface area contributed by atoms with Crippen molar-refractivity contribution >= 4 is 40.8 Å². The number of benzene rings is 3. The SMILES string of the molecule is CCOc1ccc2ccccc2c1C=Nn1c(-c2ccccc2Cl)n[nH]c1=S. The highest BCUT2D eigenvalue weighted by Gasteiger charge is 2.12. The van der Waals surface area contributed by atoms with Crippen LogP contribution in [0.5, 0.6) is 5.75 Å². The molecular weight excluding hydrogens is 392 g/mol. The van der Waals surface area contributed by atoms with E-state index in [4.69, 9.17) is 28.6 Å². The van der Waals surface area contributed by atoms with Gasteiger partial charge in [0.1, 0.15) is 5.75 Å². The molecule has 0 aliphatic rings. The molecule has 1 heterocycles. The maximum absolute atomic E-state index is 6.33. The number of nitrogens with zero attached hydrogens (tertiary/aromatic N) is 3. The summed E-state index contributed by atoms with van der Waals surface area (Å²) < 4.78 is 7.75. The molecule has 0 aliphatic heterocycles. The average Bonchev–Trinajstić information content (AvgIpc) is 3.08. The van der Waals surface area contributed by atoms with Gasteiger partial charge in [0.15, 0.2) is 5.82 Å². The molecule has 28 heavy (non-hydrogen) atoms. The number of hydrogen-bond donors (Lipinski definition) is 1. The smallest absolute Gasteiger partial charge is 0.216 e. The van der Waals surface area contributed by atoms with Gasteiger partial charge in [-0.3, -0.25) is 0 Å². The minimum atomic E-state index is 0.379. The summed E-state index contributed by atoms with van der Waals surface area (Å²) in [5, 5.41) is 14.4. The minimum absolute atomic E-state index is 0.379. The van der Waals surface area contributed by atoms with E-state index in [1.807, 2.05) is 55.5 Å². The van der Waals surface area contributed by atoms with Crippen molar-refractivity contribution in [2.24, 2.45) is 5.10 Å². The van der Waals surface area contributed by atoms with Crippen molar-refractivity contribution in [1.29, 1.82) is 0 Å². The fraction of sp³-hybridized carbons (Fsp3) is 0.0952. The molecule has 140 valence electrons. The third-order valence-electron chi connectivity index (χ3n) is 4.30. The molecule has 0 aliphatic carbocycles. The lowest BCUT2D eigenvalue weighted by atomic mass is 10.0. The summed E-state index contributed by atoms with van der Waals surface area (Å²) in [6.07, 6.45) is 1.75. The van der Waals surface area contributed by atoms with Crippen LogP contribution in [0.4, 0.5) is 0 Å². The van der Waals surface area contributed by atoms with Crippen molar-refractivity contribution in [3.05, 3.63) is 76.0 Å². The van der Waals surface area contributed by atoms with Gasteiger partial charge in [0.05, 0.1) is 17.8 Å². The molecule has 4 rings (SSSR count). The maximum Gasteiger partial charge on any atom is 0.216 e. The van der Waals surface area contributed by atoms with Gasteiger partial charge in [-0.2, -0.15) is 14.9 Å². The van der Waals surface area contributed by atoms with Crippen LogP contribution >= 0.6 is 23.8 Å². The lowest BCUT2D eigenvalue weighted by Crippen LogP contribution is -2.00. The molecule has 3 aromatic carbocycles. The molecule has 0 spiro atoms. The molecule has 0 radical (unpaired) electrons. The number of aromatic nitrogens is 3. The Bertz CT molecular complexity index is 1230. The Kier molecular flexibility index (Phi) is 5.23. The monoisotopic (exact) mass is 408 g/mol. The first-order chi connectivity index (χ1) is 13.7. The van der Waals surface area contributed by atoms with Gasteiger partial charge in [-0.05, 0) is 48.1 Å². The summed E-state index contributed by atoms with van der Waals surface area (Å²) in [5.41, 5.74) is 1.63. The molecule has 0 saturated heterocycles. The topological polar surface area (TPSA) is 55.2 Å². The lowest BCUT2D eigenvalue weighted by molar-refractivity contribution is 0.340. The van der Waals surface area contributed by atoms with Crippen LogP contribution in [0.2, 0.25) is 5.02 Å². The fourth-order valence-corrected chi connectivity index (χ4v) is 3.42. The minimum Gasteiger partial charge on any atom is -0.493 e. The Morgan fingerprint density at radius 2 is 1.93 bits per heavy atom. The zero-order valence-corrected chi connectivity index (χ0v) is 16.7. The maximum atomic E-state index is 6.33. The standard InChI is InChI=1S/C21H17ClN4OS/c1-2-27-19-12-11-14-7-3-4-8-15(14)17(19)13-23-26-20(24-25-21(26)28)16-9-5-6-10-18(16)22/h3-13H,2H2,1H3,(H,25,28). The normalized spacial score (nSPS) is 11.4. The van der Waals surface area contributed by atoms with Crippen LogP contribution in [-0.2, 0) is 0 Å². The number of fused-ring (bicyclic) bond motifs is 1. The second kappa shape index (κ2) is 7.96. The van der Waals surface area contributed by atoms with Crippen LogP contribution in [0.25, 0.3) is 22.2 Å². The predicted molar refractivity (Wildman–Crippen MR) is 116 cm³/mol. The highest BCUT2D eigenvalue weighted by molar-refractivity contribution is 7.71. The van der Waals surface area contributed by atoms with Crippen molar-refractivity contribution in [1.82, 2.24) is 14.9 Å². The van der Waals surface area contributed by atoms with Gasteiger partial charge in [0, 0.05) is 11.1 Å². The number of H-pyrrole nitrogens is 1. The Morgan fingerprint density at radius 1 is 1.14 bits per heavy atom. The van der Waals surface area contributed by atoms with E-state index in [9.17, 15) is 0 Å². The van der Waals surface area contributed by atoms with Gasteiger partial charge in [-0.15, -0.1) is 0 Å². The van der Waals surface area contributed by atoms with E-state index in [0.717, 1.165) is 27.6 Å². The number of rotatable bonds is 5. The van der Waals surface area contributed by atoms with E-state index < -0.39 is 0 Å². The summed E-state index contributed by atoms with van der Waals surface area (Å²) in [4.78, 5) is 0. The van der Waals surface area contributed by atoms with Gasteiger partial charge in [-0.1, -0.05) is 54.1 Å². The Labute approximate surface area is 172 Å². The van der Waals surface area contributed by atoms with Crippen molar-refractivity contribution in [3.63, 3.8) is 0 Å². The first-order valence-corrected chi connectivity index (χ1v) is 9.59. The van der Waals surface area contributed by atoms with E-state index >= 15 is 0 Å². The van der Waals surface area contributed by atoms with E-state index in [2.05, 4.69) is 21.4 Å². The highest BCUT2D eigenvalue weighted by atomic mass is 35.5. The van der Waals surface area contributed by atoms with Crippen LogP contribution < -0.4 is 4.74 Å². The summed E-state index contributed by atoms with van der Waals surface area (Å²) in [6, 6.07) is 19.5. The van der Waals surface area contributed by atoms with Crippen molar-refractivity contribution in [2.75, 3.05) is 6.61 Å². The third-order valence-corrected chi connectivity index (χ3v) is 4.89. The molecule has 0 bridgehead atoms. The molecular formula is C21H17ClN4OS. The molecule has 0 atom stereocenters. The van der Waals surface area contributed by atoms with Crippen LogP contribution in [0.1, 0.15) is 12.5 Å². The van der Waals surface area contributed by atoms with Gasteiger partial charge in [0.2, 0.25) is 4.77 Å². The highest BCUT2D eigenvalue weighted by Crippen LogP contribution is 2.28. The summed E-state index contributed by atoms with van der Waals surface area (Å²) in [5.74, 6) is 1.31. The van der Waals surface area contributed by atoms with Crippen LogP contribution in [0, 0.1) is 4.77 Å². The molecule has 0 saturated carbocycles. The number of aromatic amines is 1. The Hall–Kier alpha value is -2.96. The van der Waals surface area contributed by atoms with E-state index in [-0.39, 0.29) is 0 Å².